The lowest BCUT2D eigenvalue weighted by atomic mass is 10.1. The summed E-state index contributed by atoms with van der Waals surface area (Å²) in [5.41, 5.74) is 0.347. The number of aromatic nitrogens is 3. The molecule has 0 saturated carbocycles. The van der Waals surface area contributed by atoms with Gasteiger partial charge in [0.15, 0.2) is 5.13 Å². The topological polar surface area (TPSA) is 110 Å². The summed E-state index contributed by atoms with van der Waals surface area (Å²) in [7, 11) is -3.77. The lowest BCUT2D eigenvalue weighted by Crippen LogP contribution is -2.12. The fourth-order valence-corrected chi connectivity index (χ4v) is 4.44. The van der Waals surface area contributed by atoms with Gasteiger partial charge in [0.05, 0.1) is 16.9 Å². The highest BCUT2D eigenvalue weighted by molar-refractivity contribution is 7.93. The van der Waals surface area contributed by atoms with E-state index in [1.165, 1.54) is 42.6 Å². The van der Waals surface area contributed by atoms with Gasteiger partial charge in [-0.05, 0) is 42.0 Å². The zero-order chi connectivity index (χ0) is 22.8. The largest absolute Gasteiger partial charge is 0.416 e. The zero-order valence-electron chi connectivity index (χ0n) is 16.0. The molecule has 0 bridgehead atoms. The smallest absolute Gasteiger partial charge is 0.408 e. The first kappa shape index (κ1) is 21.8. The molecular formula is C19H14F3N5O3S2. The molecule has 0 radical (unpaired) electrons. The van der Waals surface area contributed by atoms with E-state index in [0.29, 0.717) is 11.3 Å². The van der Waals surface area contributed by atoms with Crippen molar-refractivity contribution in [1.29, 1.82) is 0 Å². The highest BCUT2D eigenvalue weighted by Crippen LogP contribution is 2.29. The molecule has 0 aliphatic heterocycles. The maximum absolute atomic E-state index is 12.6. The predicted molar refractivity (Wildman–Crippen MR) is 111 cm³/mol. The summed E-state index contributed by atoms with van der Waals surface area (Å²) in [6.07, 6.45) is -2.75. The molecule has 0 unspecified atom stereocenters. The molecule has 0 aliphatic carbocycles. The minimum absolute atomic E-state index is 0.0479. The number of nitrogens with one attached hydrogen (secondary N) is 2. The van der Waals surface area contributed by atoms with Crippen LogP contribution in [0.3, 0.4) is 0 Å². The molecule has 4 aromatic rings. The van der Waals surface area contributed by atoms with Crippen molar-refractivity contribution in [2.75, 3.05) is 10.0 Å². The van der Waals surface area contributed by atoms with Crippen molar-refractivity contribution in [3.05, 3.63) is 77.1 Å². The van der Waals surface area contributed by atoms with Crippen molar-refractivity contribution < 1.29 is 26.0 Å². The molecule has 2 heterocycles. The summed E-state index contributed by atoms with van der Waals surface area (Å²) >= 11 is 1.16. The lowest BCUT2D eigenvalue weighted by Gasteiger charge is -2.07. The second-order valence-corrected chi connectivity index (χ2v) is 9.04. The molecular weight excluding hydrogens is 467 g/mol. The van der Waals surface area contributed by atoms with Crippen molar-refractivity contribution >= 4 is 38.2 Å². The van der Waals surface area contributed by atoms with Gasteiger partial charge >= 0.3 is 12.2 Å². The zero-order valence-corrected chi connectivity index (χ0v) is 17.6. The van der Waals surface area contributed by atoms with Crippen LogP contribution in [0.4, 0.5) is 30.0 Å². The Bertz CT molecular complexity index is 1290. The van der Waals surface area contributed by atoms with Crippen molar-refractivity contribution in [2.45, 2.75) is 17.5 Å². The number of alkyl halides is 3. The van der Waals surface area contributed by atoms with Gasteiger partial charge in [-0.3, -0.25) is 4.72 Å². The van der Waals surface area contributed by atoms with Gasteiger partial charge in [-0.1, -0.05) is 17.2 Å². The average Bonchev–Trinajstić information content (AvgIpc) is 3.40. The minimum Gasteiger partial charge on any atom is -0.408 e. The van der Waals surface area contributed by atoms with Crippen LogP contribution in [0.5, 0.6) is 0 Å². The Morgan fingerprint density at radius 1 is 1.00 bits per heavy atom. The van der Waals surface area contributed by atoms with Gasteiger partial charge < -0.3 is 9.73 Å². The molecule has 0 atom stereocenters. The third-order valence-electron chi connectivity index (χ3n) is 4.17. The van der Waals surface area contributed by atoms with Crippen LogP contribution in [-0.4, -0.2) is 23.6 Å². The van der Waals surface area contributed by atoms with Crippen LogP contribution in [0.2, 0.25) is 0 Å². The molecule has 2 aromatic heterocycles. The van der Waals surface area contributed by atoms with Crippen LogP contribution < -0.4 is 10.0 Å². The number of hydrogen-bond acceptors (Lipinski definition) is 8. The first-order chi connectivity index (χ1) is 15.2. The Hall–Kier alpha value is -3.45. The molecule has 2 aromatic carbocycles. The summed E-state index contributed by atoms with van der Waals surface area (Å²) in [5.74, 6) is 0.208. The Kier molecular flexibility index (Phi) is 5.84. The van der Waals surface area contributed by atoms with E-state index in [0.717, 1.165) is 23.5 Å². The molecule has 0 saturated heterocycles. The highest BCUT2D eigenvalue weighted by Gasteiger charge is 2.30. The van der Waals surface area contributed by atoms with E-state index in [1.54, 1.807) is 5.38 Å². The van der Waals surface area contributed by atoms with Crippen LogP contribution in [0, 0.1) is 0 Å². The number of thiazole rings is 1. The van der Waals surface area contributed by atoms with Crippen LogP contribution in [0.1, 0.15) is 17.0 Å². The average molecular weight is 481 g/mol. The molecule has 0 aliphatic rings. The highest BCUT2D eigenvalue weighted by atomic mass is 32.2. The Balaban J connectivity index is 1.39. The van der Waals surface area contributed by atoms with Crippen molar-refractivity contribution in [3.8, 4) is 0 Å². The van der Waals surface area contributed by atoms with Gasteiger partial charge in [0.25, 0.3) is 10.0 Å². The minimum atomic E-state index is -4.40. The molecule has 4 rings (SSSR count). The lowest BCUT2D eigenvalue weighted by molar-refractivity contribution is -0.137. The summed E-state index contributed by atoms with van der Waals surface area (Å²) in [5, 5.41) is 12.5. The monoisotopic (exact) mass is 481 g/mol. The molecule has 0 amide bonds. The summed E-state index contributed by atoms with van der Waals surface area (Å²) in [6.45, 7) is 0. The van der Waals surface area contributed by atoms with Crippen molar-refractivity contribution in [3.63, 3.8) is 0 Å². The van der Waals surface area contributed by atoms with E-state index in [9.17, 15) is 21.6 Å². The Labute approximate surface area is 184 Å². The van der Waals surface area contributed by atoms with E-state index >= 15 is 0 Å². The van der Waals surface area contributed by atoms with Crippen molar-refractivity contribution in [2.24, 2.45) is 0 Å². The fraction of sp³-hybridized carbons (Fsp3) is 0.105. The fourth-order valence-electron chi connectivity index (χ4n) is 2.65. The second kappa shape index (κ2) is 8.59. The van der Waals surface area contributed by atoms with Crippen LogP contribution in [0.25, 0.3) is 0 Å². The molecule has 166 valence electrons. The van der Waals surface area contributed by atoms with Crippen LogP contribution in [0.15, 0.2) is 69.4 Å². The standard InChI is InChI=1S/C19H14F3N5O3S2/c20-19(21,22)13-3-1-12(2-4-13)11-16-25-26-17(30-16)24-14-5-7-15(8-6-14)32(28,29)27-18-23-9-10-31-18/h1-10H,11H2,(H,23,27)(H,24,26). The number of anilines is 3. The first-order valence-corrected chi connectivity index (χ1v) is 11.3. The first-order valence-electron chi connectivity index (χ1n) is 8.97. The number of nitrogens with zero attached hydrogens (tertiary/aromatic N) is 3. The van der Waals surface area contributed by atoms with Gasteiger partial charge in [0.2, 0.25) is 5.89 Å². The molecule has 13 heteroatoms. The van der Waals surface area contributed by atoms with Gasteiger partial charge in [-0.2, -0.15) is 13.2 Å². The van der Waals surface area contributed by atoms with Gasteiger partial charge in [0, 0.05) is 17.3 Å². The Morgan fingerprint density at radius 3 is 2.34 bits per heavy atom. The van der Waals surface area contributed by atoms with E-state index in [2.05, 4.69) is 25.2 Å². The van der Waals surface area contributed by atoms with E-state index < -0.39 is 21.8 Å². The van der Waals surface area contributed by atoms with E-state index in [-0.39, 0.29) is 28.4 Å². The molecule has 0 fully saturated rings. The number of benzene rings is 2. The second-order valence-electron chi connectivity index (χ2n) is 6.46. The summed E-state index contributed by atoms with van der Waals surface area (Å²) in [6, 6.07) is 10.6. The predicted octanol–water partition coefficient (Wildman–Crippen LogP) is 4.68. The quantitative estimate of drug-likeness (QED) is 0.394. The Morgan fingerprint density at radius 2 is 1.72 bits per heavy atom. The van der Waals surface area contributed by atoms with E-state index in [4.69, 9.17) is 4.42 Å². The third kappa shape index (κ3) is 5.23. The number of rotatable bonds is 7. The van der Waals surface area contributed by atoms with E-state index in [1.807, 2.05) is 0 Å². The number of hydrogen-bond donors (Lipinski definition) is 2. The van der Waals surface area contributed by atoms with Gasteiger partial charge in [-0.25, -0.2) is 13.4 Å². The normalized spacial score (nSPS) is 12.0. The molecule has 8 nitrogen and oxygen atoms in total. The SMILES string of the molecule is O=S(=O)(Nc1nccs1)c1ccc(Nc2nnc(Cc3ccc(C(F)(F)F)cc3)o2)cc1. The molecule has 2 N–H and O–H groups in total. The summed E-state index contributed by atoms with van der Waals surface area (Å²) < 4.78 is 70.5. The number of halogens is 3. The molecule has 32 heavy (non-hydrogen) atoms. The maximum atomic E-state index is 12.6. The van der Waals surface area contributed by atoms with Crippen molar-refractivity contribution in [1.82, 2.24) is 15.2 Å². The van der Waals surface area contributed by atoms with Gasteiger partial charge in [0.1, 0.15) is 0 Å². The maximum Gasteiger partial charge on any atom is 0.416 e. The molecule has 0 spiro atoms. The third-order valence-corrected chi connectivity index (χ3v) is 6.35. The number of sulfonamides is 1. The van der Waals surface area contributed by atoms with Gasteiger partial charge in [-0.15, -0.1) is 16.4 Å². The van der Waals surface area contributed by atoms with Crippen LogP contribution in [-0.2, 0) is 22.6 Å². The van der Waals surface area contributed by atoms with Crippen LogP contribution >= 0.6 is 11.3 Å². The summed E-state index contributed by atoms with van der Waals surface area (Å²) in [4.78, 5) is 3.93.